The van der Waals surface area contributed by atoms with E-state index in [4.69, 9.17) is 18.9 Å². The molecule has 0 radical (unpaired) electrons. The lowest BCUT2D eigenvalue weighted by atomic mass is 9.84. The van der Waals surface area contributed by atoms with E-state index in [1.165, 1.54) is 25.3 Å². The Kier molecular flexibility index (Phi) is 10.1. The van der Waals surface area contributed by atoms with Gasteiger partial charge in [-0.1, -0.05) is 124 Å². The number of hydrogen-bond acceptors (Lipinski definition) is 6. The quantitative estimate of drug-likeness (QED) is 0.0606. The molecule has 0 atom stereocenters. The van der Waals surface area contributed by atoms with Crippen molar-refractivity contribution >= 4 is 55.4 Å². The first kappa shape index (κ1) is 32.8. The zero-order valence-electron chi connectivity index (χ0n) is 28.2. The molecular weight excluding hydrogens is 600 g/mol. The standard InChI is InChI=1S/C42H42O6/c1-5-7-9-15-27-21-23-33-35(25-27)37(29-17-11-13-19-31(29)39(33)47-41(43)45-3)38-30-18-12-14-20-32(30)40(48-42(44)46-4)34-24-22-28(26-36(34)38)16-10-8-6-2/h11-14,17-26H,5-10,15-16H2,1-4H3. The van der Waals surface area contributed by atoms with Crippen molar-refractivity contribution in [1.29, 1.82) is 0 Å². The molecule has 0 unspecified atom stereocenters. The van der Waals surface area contributed by atoms with Crippen LogP contribution in [0.15, 0.2) is 84.9 Å². The Morgan fingerprint density at radius 2 is 0.854 bits per heavy atom. The predicted molar refractivity (Wildman–Crippen MR) is 194 cm³/mol. The third-order valence-corrected chi connectivity index (χ3v) is 9.17. The maximum atomic E-state index is 12.6. The Labute approximate surface area is 281 Å². The fourth-order valence-corrected chi connectivity index (χ4v) is 6.85. The molecule has 6 aromatic rings. The monoisotopic (exact) mass is 642 g/mol. The molecule has 246 valence electrons. The van der Waals surface area contributed by atoms with Gasteiger partial charge in [-0.3, -0.25) is 0 Å². The van der Waals surface area contributed by atoms with Gasteiger partial charge in [0.05, 0.1) is 14.2 Å². The molecule has 0 aliphatic heterocycles. The second kappa shape index (κ2) is 14.8. The summed E-state index contributed by atoms with van der Waals surface area (Å²) in [6.45, 7) is 4.42. The molecule has 0 saturated carbocycles. The highest BCUT2D eigenvalue weighted by Gasteiger charge is 2.25. The highest BCUT2D eigenvalue weighted by Crippen LogP contribution is 2.50. The Hall–Kier alpha value is -5.10. The largest absolute Gasteiger partial charge is 0.513 e. The van der Waals surface area contributed by atoms with Gasteiger partial charge in [0.2, 0.25) is 0 Å². The zero-order chi connectivity index (χ0) is 33.6. The molecule has 0 fully saturated rings. The number of hydrogen-bond donors (Lipinski definition) is 0. The van der Waals surface area contributed by atoms with Crippen molar-refractivity contribution in [2.45, 2.75) is 65.2 Å². The molecule has 0 aromatic heterocycles. The van der Waals surface area contributed by atoms with Crippen molar-refractivity contribution in [3.8, 4) is 22.6 Å². The Balaban J connectivity index is 1.78. The molecule has 0 spiro atoms. The minimum absolute atomic E-state index is 0.468. The van der Waals surface area contributed by atoms with Crippen molar-refractivity contribution in [2.24, 2.45) is 0 Å². The summed E-state index contributed by atoms with van der Waals surface area (Å²) < 4.78 is 21.8. The third-order valence-electron chi connectivity index (χ3n) is 9.17. The highest BCUT2D eigenvalue weighted by atomic mass is 16.7. The number of unbranched alkanes of at least 4 members (excludes halogenated alkanes) is 4. The van der Waals surface area contributed by atoms with Crippen LogP contribution in [0.4, 0.5) is 9.59 Å². The maximum absolute atomic E-state index is 12.6. The summed E-state index contributed by atoms with van der Waals surface area (Å²) >= 11 is 0. The van der Waals surface area contributed by atoms with Crippen LogP contribution >= 0.6 is 0 Å². The van der Waals surface area contributed by atoms with Gasteiger partial charge >= 0.3 is 12.3 Å². The first-order chi connectivity index (χ1) is 23.5. The Morgan fingerprint density at radius 1 is 0.479 bits per heavy atom. The summed E-state index contributed by atoms with van der Waals surface area (Å²) in [6.07, 6.45) is 7.10. The second-order valence-electron chi connectivity index (χ2n) is 12.3. The van der Waals surface area contributed by atoms with Crippen LogP contribution in [0.3, 0.4) is 0 Å². The molecule has 6 rings (SSSR count). The van der Waals surface area contributed by atoms with Gasteiger partial charge in [-0.15, -0.1) is 0 Å². The summed E-state index contributed by atoms with van der Waals surface area (Å²) in [5, 5.41) is 7.08. The average molecular weight is 643 g/mol. The number of methoxy groups -OCH3 is 2. The molecule has 0 N–H and O–H groups in total. The lowest BCUT2D eigenvalue weighted by molar-refractivity contribution is 0.121. The number of rotatable bonds is 11. The van der Waals surface area contributed by atoms with Crippen molar-refractivity contribution in [1.82, 2.24) is 0 Å². The van der Waals surface area contributed by atoms with Crippen LogP contribution in [-0.4, -0.2) is 26.5 Å². The van der Waals surface area contributed by atoms with Crippen molar-refractivity contribution in [2.75, 3.05) is 14.2 Å². The van der Waals surface area contributed by atoms with E-state index < -0.39 is 12.3 Å². The lowest BCUT2D eigenvalue weighted by Gasteiger charge is -2.22. The van der Waals surface area contributed by atoms with Gasteiger partial charge in [0.15, 0.2) is 0 Å². The first-order valence-electron chi connectivity index (χ1n) is 17.0. The normalized spacial score (nSPS) is 11.3. The van der Waals surface area contributed by atoms with E-state index in [0.717, 1.165) is 106 Å². The molecule has 6 nitrogen and oxygen atoms in total. The molecule has 0 bridgehead atoms. The van der Waals surface area contributed by atoms with Gasteiger partial charge in [0, 0.05) is 21.5 Å². The van der Waals surface area contributed by atoms with Crippen LogP contribution in [0, 0.1) is 0 Å². The van der Waals surface area contributed by atoms with E-state index in [1.807, 2.05) is 36.4 Å². The van der Waals surface area contributed by atoms with Crippen molar-refractivity contribution < 1.29 is 28.5 Å². The van der Waals surface area contributed by atoms with E-state index >= 15 is 0 Å². The second-order valence-corrected chi connectivity index (χ2v) is 12.3. The topological polar surface area (TPSA) is 71.1 Å². The molecule has 0 heterocycles. The Morgan fingerprint density at radius 3 is 1.23 bits per heavy atom. The summed E-state index contributed by atoms with van der Waals surface area (Å²) in [7, 11) is 2.64. The zero-order valence-corrected chi connectivity index (χ0v) is 28.2. The molecule has 6 aromatic carbocycles. The average Bonchev–Trinajstić information content (AvgIpc) is 3.12. The summed E-state index contributed by atoms with van der Waals surface area (Å²) in [6, 6.07) is 29.0. The number of carbonyl (C=O) groups excluding carboxylic acids is 2. The van der Waals surface area contributed by atoms with Crippen LogP contribution in [0.2, 0.25) is 0 Å². The smallest absolute Gasteiger partial charge is 0.437 e. The minimum Gasteiger partial charge on any atom is -0.437 e. The molecule has 6 heteroatoms. The van der Waals surface area contributed by atoms with Gasteiger partial charge in [0.25, 0.3) is 0 Å². The number of ether oxygens (including phenoxy) is 4. The summed E-state index contributed by atoms with van der Waals surface area (Å²) in [4.78, 5) is 25.2. The molecular formula is C42H42O6. The van der Waals surface area contributed by atoms with E-state index in [-0.39, 0.29) is 0 Å². The first-order valence-corrected chi connectivity index (χ1v) is 17.0. The fraction of sp³-hybridized carbons (Fsp3) is 0.286. The number of fused-ring (bicyclic) bond motifs is 4. The van der Waals surface area contributed by atoms with Gasteiger partial charge < -0.3 is 18.9 Å². The lowest BCUT2D eigenvalue weighted by Crippen LogP contribution is -2.09. The summed E-state index contributed by atoms with van der Waals surface area (Å²) in [5.41, 5.74) is 4.50. The molecule has 0 aliphatic rings. The Bertz CT molecular complexity index is 1980. The SMILES string of the molecule is CCCCCc1ccc2c(OC(=O)OC)c3ccccc3c(-c3c4ccccc4c(OC(=O)OC)c4ccc(CCCCC)cc34)c2c1. The van der Waals surface area contributed by atoms with E-state index in [1.54, 1.807) is 0 Å². The predicted octanol–water partition coefficient (Wildman–Crippen LogP) is 11.7. The van der Waals surface area contributed by atoms with Crippen LogP contribution in [0.25, 0.3) is 54.2 Å². The molecule has 0 saturated heterocycles. The van der Waals surface area contributed by atoms with Gasteiger partial charge in [-0.05, 0) is 69.5 Å². The number of aryl methyl sites for hydroxylation is 2. The highest BCUT2D eigenvalue weighted by molar-refractivity contribution is 6.27. The van der Waals surface area contributed by atoms with Crippen molar-refractivity contribution in [3.05, 3.63) is 96.1 Å². The molecule has 48 heavy (non-hydrogen) atoms. The molecule has 0 aliphatic carbocycles. The van der Waals surface area contributed by atoms with Gasteiger partial charge in [-0.25, -0.2) is 9.59 Å². The van der Waals surface area contributed by atoms with Crippen LogP contribution < -0.4 is 9.47 Å². The van der Waals surface area contributed by atoms with Crippen LogP contribution in [0.1, 0.15) is 63.5 Å². The van der Waals surface area contributed by atoms with Crippen LogP contribution in [-0.2, 0) is 22.3 Å². The minimum atomic E-state index is -0.766. The summed E-state index contributed by atoms with van der Waals surface area (Å²) in [5.74, 6) is 0.937. The van der Waals surface area contributed by atoms with E-state index in [0.29, 0.717) is 11.5 Å². The van der Waals surface area contributed by atoms with Gasteiger partial charge in [0.1, 0.15) is 11.5 Å². The fourth-order valence-electron chi connectivity index (χ4n) is 6.85. The van der Waals surface area contributed by atoms with E-state index in [9.17, 15) is 9.59 Å². The number of benzene rings is 6. The van der Waals surface area contributed by atoms with Crippen molar-refractivity contribution in [3.63, 3.8) is 0 Å². The third kappa shape index (κ3) is 6.40. The van der Waals surface area contributed by atoms with Crippen LogP contribution in [0.5, 0.6) is 11.5 Å². The molecule has 0 amide bonds. The number of carbonyl (C=O) groups is 2. The maximum Gasteiger partial charge on any atom is 0.513 e. The van der Waals surface area contributed by atoms with E-state index in [2.05, 4.69) is 62.4 Å². The van der Waals surface area contributed by atoms with Gasteiger partial charge in [-0.2, -0.15) is 0 Å².